The Balaban J connectivity index is 1.79. The highest BCUT2D eigenvalue weighted by Gasteiger charge is 2.36. The van der Waals surface area contributed by atoms with Crippen LogP contribution in [-0.4, -0.2) is 34.4 Å². The summed E-state index contributed by atoms with van der Waals surface area (Å²) in [6.45, 7) is 2.87. The van der Waals surface area contributed by atoms with Crippen LogP contribution in [-0.2, 0) is 4.79 Å². The van der Waals surface area contributed by atoms with Crippen LogP contribution in [0.25, 0.3) is 0 Å². The molecule has 0 heterocycles. The summed E-state index contributed by atoms with van der Waals surface area (Å²) in [5.74, 6) is -0.227. The number of hydrogen-bond acceptors (Lipinski definition) is 3. The standard InChI is InChI=1S/C16H29NO3/c1-2-12-5-3-4-6-14(12)17-11-16(20)9-7-13(8-10-16)15(18)19/h12-14,17,20H,2-11H2,1H3,(H,18,19). The number of nitrogens with one attached hydrogen (secondary N) is 1. The molecule has 0 radical (unpaired) electrons. The summed E-state index contributed by atoms with van der Waals surface area (Å²) in [7, 11) is 0. The van der Waals surface area contributed by atoms with Gasteiger partial charge in [-0.25, -0.2) is 0 Å². The van der Waals surface area contributed by atoms with Crippen molar-refractivity contribution in [1.82, 2.24) is 5.32 Å². The van der Waals surface area contributed by atoms with Gasteiger partial charge in [0.25, 0.3) is 0 Å². The third kappa shape index (κ3) is 3.95. The maximum atomic E-state index is 11.0. The molecule has 0 aliphatic heterocycles. The van der Waals surface area contributed by atoms with Crippen LogP contribution in [0.1, 0.15) is 64.7 Å². The minimum Gasteiger partial charge on any atom is -0.481 e. The molecular weight excluding hydrogens is 254 g/mol. The maximum absolute atomic E-state index is 11.0. The van der Waals surface area contributed by atoms with Gasteiger partial charge in [0.1, 0.15) is 0 Å². The first-order valence-corrected chi connectivity index (χ1v) is 8.22. The van der Waals surface area contributed by atoms with Gasteiger partial charge in [-0.15, -0.1) is 0 Å². The zero-order valence-corrected chi connectivity index (χ0v) is 12.6. The quantitative estimate of drug-likeness (QED) is 0.725. The van der Waals surface area contributed by atoms with Crippen LogP contribution < -0.4 is 5.32 Å². The molecule has 20 heavy (non-hydrogen) atoms. The second kappa shape index (κ2) is 6.90. The fourth-order valence-electron chi connectivity index (χ4n) is 3.86. The summed E-state index contributed by atoms with van der Waals surface area (Å²) < 4.78 is 0. The molecule has 0 aromatic carbocycles. The Hall–Kier alpha value is -0.610. The van der Waals surface area contributed by atoms with Gasteiger partial charge in [0.15, 0.2) is 0 Å². The largest absolute Gasteiger partial charge is 0.481 e. The minimum atomic E-state index is -0.710. The Bertz CT molecular complexity index is 324. The molecule has 2 aliphatic rings. The first-order chi connectivity index (χ1) is 9.54. The van der Waals surface area contributed by atoms with Gasteiger partial charge in [-0.3, -0.25) is 4.79 Å². The van der Waals surface area contributed by atoms with Gasteiger partial charge in [-0.1, -0.05) is 26.2 Å². The zero-order valence-electron chi connectivity index (χ0n) is 12.6. The molecule has 0 saturated heterocycles. The molecule has 0 bridgehead atoms. The van der Waals surface area contributed by atoms with E-state index in [9.17, 15) is 9.90 Å². The van der Waals surface area contributed by atoms with Crippen molar-refractivity contribution >= 4 is 5.97 Å². The highest BCUT2D eigenvalue weighted by atomic mass is 16.4. The van der Waals surface area contributed by atoms with Crippen LogP contribution in [0.4, 0.5) is 0 Å². The lowest BCUT2D eigenvalue weighted by Crippen LogP contribution is -2.49. The van der Waals surface area contributed by atoms with E-state index in [1.807, 2.05) is 0 Å². The van der Waals surface area contributed by atoms with Gasteiger partial charge in [-0.05, 0) is 44.4 Å². The van der Waals surface area contributed by atoms with Crippen molar-refractivity contribution < 1.29 is 15.0 Å². The Kier molecular flexibility index (Phi) is 5.44. The number of aliphatic carboxylic acids is 1. The summed E-state index contributed by atoms with van der Waals surface area (Å²) in [4.78, 5) is 11.0. The molecule has 2 aliphatic carbocycles. The highest BCUT2D eigenvalue weighted by Crippen LogP contribution is 2.33. The molecule has 0 aromatic rings. The third-order valence-corrected chi connectivity index (χ3v) is 5.39. The van der Waals surface area contributed by atoms with E-state index in [-0.39, 0.29) is 5.92 Å². The average Bonchev–Trinajstić information content (AvgIpc) is 2.46. The van der Waals surface area contributed by atoms with Crippen LogP contribution in [0, 0.1) is 11.8 Å². The van der Waals surface area contributed by atoms with E-state index < -0.39 is 11.6 Å². The van der Waals surface area contributed by atoms with Gasteiger partial charge in [-0.2, -0.15) is 0 Å². The molecule has 2 rings (SSSR count). The first-order valence-electron chi connectivity index (χ1n) is 8.22. The molecule has 4 heteroatoms. The van der Waals surface area contributed by atoms with Crippen molar-refractivity contribution in [1.29, 1.82) is 0 Å². The zero-order chi connectivity index (χ0) is 14.6. The van der Waals surface area contributed by atoms with Crippen LogP contribution >= 0.6 is 0 Å². The molecule has 3 N–H and O–H groups in total. The molecule has 2 atom stereocenters. The van der Waals surface area contributed by atoms with Crippen molar-refractivity contribution in [2.24, 2.45) is 11.8 Å². The van der Waals surface area contributed by atoms with E-state index in [1.165, 1.54) is 32.1 Å². The molecule has 0 aromatic heterocycles. The number of carboxylic acids is 1. The number of rotatable bonds is 5. The van der Waals surface area contributed by atoms with Crippen molar-refractivity contribution in [3.63, 3.8) is 0 Å². The molecule has 0 spiro atoms. The fourth-order valence-corrected chi connectivity index (χ4v) is 3.86. The van der Waals surface area contributed by atoms with E-state index in [4.69, 9.17) is 5.11 Å². The predicted molar refractivity (Wildman–Crippen MR) is 78.6 cm³/mol. The molecule has 116 valence electrons. The normalized spacial score (nSPS) is 38.6. The van der Waals surface area contributed by atoms with Gasteiger partial charge < -0.3 is 15.5 Å². The van der Waals surface area contributed by atoms with Crippen molar-refractivity contribution in [2.45, 2.75) is 76.4 Å². The third-order valence-electron chi connectivity index (χ3n) is 5.39. The number of aliphatic hydroxyl groups is 1. The lowest BCUT2D eigenvalue weighted by molar-refractivity contribution is -0.144. The Morgan fingerprint density at radius 3 is 2.45 bits per heavy atom. The van der Waals surface area contributed by atoms with Crippen molar-refractivity contribution in [3.8, 4) is 0 Å². The monoisotopic (exact) mass is 283 g/mol. The smallest absolute Gasteiger partial charge is 0.306 e. The number of hydrogen-bond donors (Lipinski definition) is 3. The molecule has 2 saturated carbocycles. The fraction of sp³-hybridized carbons (Fsp3) is 0.938. The molecule has 2 fully saturated rings. The minimum absolute atomic E-state index is 0.256. The summed E-state index contributed by atoms with van der Waals surface area (Å²) in [6.07, 6.45) is 8.78. The van der Waals surface area contributed by atoms with E-state index >= 15 is 0 Å². The lowest BCUT2D eigenvalue weighted by Gasteiger charge is -2.38. The number of carbonyl (C=O) groups is 1. The van der Waals surface area contributed by atoms with Crippen LogP contribution in [0.2, 0.25) is 0 Å². The molecule has 4 nitrogen and oxygen atoms in total. The second-order valence-electron chi connectivity index (χ2n) is 6.78. The highest BCUT2D eigenvalue weighted by molar-refractivity contribution is 5.70. The van der Waals surface area contributed by atoms with Crippen molar-refractivity contribution in [2.75, 3.05) is 6.54 Å². The lowest BCUT2D eigenvalue weighted by atomic mass is 9.78. The average molecular weight is 283 g/mol. The Labute approximate surface area is 122 Å². The van der Waals surface area contributed by atoms with Gasteiger partial charge in [0.05, 0.1) is 11.5 Å². The maximum Gasteiger partial charge on any atom is 0.306 e. The summed E-state index contributed by atoms with van der Waals surface area (Å²) in [5, 5.41) is 23.2. The van der Waals surface area contributed by atoms with E-state index in [2.05, 4.69) is 12.2 Å². The van der Waals surface area contributed by atoms with E-state index in [0.717, 1.165) is 5.92 Å². The summed E-state index contributed by atoms with van der Waals surface area (Å²) >= 11 is 0. The number of carboxylic acid groups (broad SMARTS) is 1. The van der Waals surface area contributed by atoms with Crippen LogP contribution in [0.15, 0.2) is 0 Å². The van der Waals surface area contributed by atoms with Crippen LogP contribution in [0.5, 0.6) is 0 Å². The first kappa shape index (κ1) is 15.8. The summed E-state index contributed by atoms with van der Waals surface area (Å²) in [6, 6.07) is 0.537. The van der Waals surface area contributed by atoms with Gasteiger partial charge >= 0.3 is 5.97 Å². The predicted octanol–water partition coefficient (Wildman–Crippen LogP) is 2.55. The van der Waals surface area contributed by atoms with E-state index in [0.29, 0.717) is 38.3 Å². The van der Waals surface area contributed by atoms with Gasteiger partial charge in [0.2, 0.25) is 0 Å². The molecule has 2 unspecified atom stereocenters. The molecular formula is C16H29NO3. The van der Waals surface area contributed by atoms with Gasteiger partial charge in [0, 0.05) is 12.6 Å². The Morgan fingerprint density at radius 2 is 1.85 bits per heavy atom. The second-order valence-corrected chi connectivity index (χ2v) is 6.78. The van der Waals surface area contributed by atoms with Crippen molar-refractivity contribution in [3.05, 3.63) is 0 Å². The summed E-state index contributed by atoms with van der Waals surface area (Å²) in [5.41, 5.74) is -0.693. The Morgan fingerprint density at radius 1 is 1.20 bits per heavy atom. The SMILES string of the molecule is CCC1CCCCC1NCC1(O)CCC(C(=O)O)CC1. The molecule has 0 amide bonds. The van der Waals surface area contributed by atoms with Crippen LogP contribution in [0.3, 0.4) is 0 Å². The topological polar surface area (TPSA) is 69.6 Å². The van der Waals surface area contributed by atoms with E-state index in [1.54, 1.807) is 0 Å².